The third-order valence-corrected chi connectivity index (χ3v) is 8.54. The van der Waals surface area contributed by atoms with Gasteiger partial charge in [-0.05, 0) is 85.9 Å². The molecule has 0 bridgehead atoms. The Labute approximate surface area is 166 Å². The lowest BCUT2D eigenvalue weighted by Gasteiger charge is -2.60. The summed E-state index contributed by atoms with van der Waals surface area (Å²) >= 11 is 0. The van der Waals surface area contributed by atoms with Crippen LogP contribution in [0.3, 0.4) is 0 Å². The number of fused-ring (bicyclic) bond motifs is 5. The molecule has 0 aromatic heterocycles. The van der Waals surface area contributed by atoms with Crippen LogP contribution in [-0.2, 0) is 0 Å². The van der Waals surface area contributed by atoms with Gasteiger partial charge in [0.25, 0.3) is 0 Å². The van der Waals surface area contributed by atoms with E-state index in [-0.39, 0.29) is 0 Å². The molecule has 0 aliphatic heterocycles. The van der Waals surface area contributed by atoms with Gasteiger partial charge >= 0.3 is 0 Å². The summed E-state index contributed by atoms with van der Waals surface area (Å²) in [5.74, 6) is 4.12. The van der Waals surface area contributed by atoms with Crippen LogP contribution in [-0.4, -0.2) is 0 Å². The van der Waals surface area contributed by atoms with Gasteiger partial charge in [-0.25, -0.2) is 0 Å². The maximum Gasteiger partial charge on any atom is -0.00879 e. The third kappa shape index (κ3) is 3.95. The van der Waals surface area contributed by atoms with Gasteiger partial charge < -0.3 is 0 Å². The molecular weight excluding hydrogens is 312 g/mol. The van der Waals surface area contributed by atoms with Crippen molar-refractivity contribution in [2.45, 2.75) is 120 Å². The van der Waals surface area contributed by atoms with Gasteiger partial charge in [-0.3, -0.25) is 0 Å². The quantitative estimate of drug-likeness (QED) is 0.377. The van der Waals surface area contributed by atoms with Crippen molar-refractivity contribution in [3.63, 3.8) is 0 Å². The standard InChI is InChI=1S/C20H32.3C2H6/c1-14-7-10-17-16-9-8-15-6-4-5-12-20(15,3)18(16)11-13-19(14,17)2;3*1-2/h15-18H,1,4-13H2,2-3H3;3*1-2H3. The van der Waals surface area contributed by atoms with Crippen LogP contribution in [0.15, 0.2) is 12.2 Å². The van der Waals surface area contributed by atoms with Gasteiger partial charge in [-0.1, -0.05) is 80.4 Å². The van der Waals surface area contributed by atoms with Gasteiger partial charge in [0.1, 0.15) is 0 Å². The molecule has 0 saturated heterocycles. The molecule has 6 atom stereocenters. The van der Waals surface area contributed by atoms with E-state index in [2.05, 4.69) is 20.4 Å². The van der Waals surface area contributed by atoms with Crippen LogP contribution < -0.4 is 0 Å². The van der Waals surface area contributed by atoms with E-state index in [0.29, 0.717) is 10.8 Å². The minimum Gasteiger partial charge on any atom is -0.0993 e. The maximum atomic E-state index is 4.45. The van der Waals surface area contributed by atoms with E-state index in [1.54, 1.807) is 12.0 Å². The average Bonchev–Trinajstić information content (AvgIpc) is 3.01. The van der Waals surface area contributed by atoms with E-state index < -0.39 is 0 Å². The first-order valence-corrected chi connectivity index (χ1v) is 12.2. The predicted molar refractivity (Wildman–Crippen MR) is 120 cm³/mol. The van der Waals surface area contributed by atoms with E-state index >= 15 is 0 Å². The third-order valence-electron chi connectivity index (χ3n) is 8.54. The fraction of sp³-hybridized carbons (Fsp3) is 0.923. The zero-order chi connectivity index (χ0) is 20.0. The van der Waals surface area contributed by atoms with Crippen molar-refractivity contribution in [3.05, 3.63) is 12.2 Å². The van der Waals surface area contributed by atoms with Crippen molar-refractivity contribution in [3.8, 4) is 0 Å². The largest absolute Gasteiger partial charge is 0.0993 e. The van der Waals surface area contributed by atoms with Crippen molar-refractivity contribution >= 4 is 0 Å². The van der Waals surface area contributed by atoms with Crippen molar-refractivity contribution in [2.75, 3.05) is 0 Å². The highest BCUT2D eigenvalue weighted by molar-refractivity contribution is 5.21. The second kappa shape index (κ2) is 10.3. The minimum atomic E-state index is 0.513. The highest BCUT2D eigenvalue weighted by Crippen LogP contribution is 2.67. The second-order valence-electron chi connectivity index (χ2n) is 9.00. The lowest BCUT2D eigenvalue weighted by Crippen LogP contribution is -2.51. The van der Waals surface area contributed by atoms with Gasteiger partial charge in [0, 0.05) is 0 Å². The van der Waals surface area contributed by atoms with E-state index in [0.717, 1.165) is 23.7 Å². The van der Waals surface area contributed by atoms with Gasteiger partial charge in [0.15, 0.2) is 0 Å². The lowest BCUT2D eigenvalue weighted by molar-refractivity contribution is -0.0972. The zero-order valence-electron chi connectivity index (χ0n) is 19.6. The summed E-state index contributed by atoms with van der Waals surface area (Å²) in [4.78, 5) is 0. The molecule has 0 radical (unpaired) electrons. The lowest BCUT2D eigenvalue weighted by atomic mass is 9.45. The summed E-state index contributed by atoms with van der Waals surface area (Å²) in [5, 5.41) is 0. The summed E-state index contributed by atoms with van der Waals surface area (Å²) in [5.41, 5.74) is 2.81. The van der Waals surface area contributed by atoms with Crippen LogP contribution in [0.25, 0.3) is 0 Å². The Bertz CT molecular complexity index is 422. The summed E-state index contributed by atoms with van der Waals surface area (Å²) in [6, 6.07) is 0. The van der Waals surface area contributed by atoms with Crippen LogP contribution in [0.1, 0.15) is 120 Å². The molecule has 4 aliphatic carbocycles. The molecule has 4 fully saturated rings. The molecule has 0 nitrogen and oxygen atoms in total. The van der Waals surface area contributed by atoms with Crippen LogP contribution in [0, 0.1) is 34.5 Å². The van der Waals surface area contributed by atoms with Crippen molar-refractivity contribution in [2.24, 2.45) is 34.5 Å². The average molecular weight is 363 g/mol. The Balaban J connectivity index is 0.000000515. The molecule has 4 saturated carbocycles. The Kier molecular flexibility index (Phi) is 9.45. The molecule has 4 rings (SSSR count). The first-order chi connectivity index (χ1) is 12.6. The SMILES string of the molecule is C=C1CCC2C3CCC4CCCCC4(C)C3CCC12C.CC.CC.CC. The molecule has 0 heterocycles. The number of allylic oxidation sites excluding steroid dienone is 1. The molecule has 0 aromatic carbocycles. The summed E-state index contributed by atoms with van der Waals surface area (Å²) < 4.78 is 0. The van der Waals surface area contributed by atoms with Crippen LogP contribution in [0.2, 0.25) is 0 Å². The molecule has 154 valence electrons. The summed E-state index contributed by atoms with van der Waals surface area (Å²) in [7, 11) is 0. The highest BCUT2D eigenvalue weighted by Gasteiger charge is 2.57. The minimum absolute atomic E-state index is 0.513. The van der Waals surface area contributed by atoms with E-state index in [4.69, 9.17) is 0 Å². The van der Waals surface area contributed by atoms with Crippen molar-refractivity contribution in [1.29, 1.82) is 0 Å². The molecule has 4 aliphatic rings. The Morgan fingerprint density at radius 2 is 1.38 bits per heavy atom. The number of rotatable bonds is 0. The van der Waals surface area contributed by atoms with Crippen molar-refractivity contribution < 1.29 is 0 Å². The molecule has 0 heteroatoms. The zero-order valence-corrected chi connectivity index (χ0v) is 19.6. The fourth-order valence-electron chi connectivity index (χ4n) is 7.20. The molecular formula is C26H50. The first-order valence-electron chi connectivity index (χ1n) is 12.2. The molecule has 26 heavy (non-hydrogen) atoms. The van der Waals surface area contributed by atoms with Crippen LogP contribution in [0.5, 0.6) is 0 Å². The Hall–Kier alpha value is -0.260. The monoisotopic (exact) mass is 362 g/mol. The fourth-order valence-corrected chi connectivity index (χ4v) is 7.20. The highest BCUT2D eigenvalue weighted by atomic mass is 14.6. The van der Waals surface area contributed by atoms with Gasteiger partial charge in [0.05, 0.1) is 0 Å². The van der Waals surface area contributed by atoms with Crippen LogP contribution in [0.4, 0.5) is 0 Å². The smallest absolute Gasteiger partial charge is 0.00879 e. The summed E-state index contributed by atoms with van der Waals surface area (Å²) in [6.07, 6.45) is 14.9. The maximum absolute atomic E-state index is 4.45. The topological polar surface area (TPSA) is 0 Å². The van der Waals surface area contributed by atoms with Crippen molar-refractivity contribution in [1.82, 2.24) is 0 Å². The van der Waals surface area contributed by atoms with Gasteiger partial charge in [-0.2, -0.15) is 0 Å². The van der Waals surface area contributed by atoms with Gasteiger partial charge in [-0.15, -0.1) is 0 Å². The van der Waals surface area contributed by atoms with E-state index in [9.17, 15) is 0 Å². The molecule has 0 spiro atoms. The number of hydrogen-bond acceptors (Lipinski definition) is 0. The Morgan fingerprint density at radius 1 is 0.731 bits per heavy atom. The molecule has 0 aromatic rings. The predicted octanol–water partition coefficient (Wildman–Crippen LogP) is 9.05. The molecule has 0 amide bonds. The van der Waals surface area contributed by atoms with E-state index in [1.165, 1.54) is 57.8 Å². The van der Waals surface area contributed by atoms with Gasteiger partial charge in [0.2, 0.25) is 0 Å². The van der Waals surface area contributed by atoms with Crippen LogP contribution >= 0.6 is 0 Å². The first kappa shape index (κ1) is 23.8. The van der Waals surface area contributed by atoms with E-state index in [1.807, 2.05) is 41.5 Å². The number of hydrogen-bond donors (Lipinski definition) is 0. The molecule has 6 unspecified atom stereocenters. The Morgan fingerprint density at radius 3 is 2.04 bits per heavy atom. The second-order valence-corrected chi connectivity index (χ2v) is 9.00. The summed E-state index contributed by atoms with van der Waals surface area (Å²) in [6.45, 7) is 21.7. The normalized spacial score (nSPS) is 43.0. The molecule has 0 N–H and O–H groups in total.